The smallest absolute Gasteiger partial charge is 0.320 e. The molecule has 0 aromatic carbocycles. The van der Waals surface area contributed by atoms with Gasteiger partial charge in [-0.25, -0.2) is 0 Å². The quantitative estimate of drug-likeness (QED) is 0.669. The molecule has 2 aliphatic rings. The number of aliphatic carboxylic acids is 1. The number of likely N-dealkylation sites (tertiary alicyclic amines) is 1. The molecule has 2 atom stereocenters. The van der Waals surface area contributed by atoms with E-state index in [0.717, 1.165) is 26.1 Å². The van der Waals surface area contributed by atoms with Gasteiger partial charge < -0.3 is 10.4 Å². The van der Waals surface area contributed by atoms with Crippen LogP contribution in [0.5, 0.6) is 0 Å². The fourth-order valence-corrected chi connectivity index (χ4v) is 2.47. The van der Waals surface area contributed by atoms with Crippen molar-refractivity contribution in [3.63, 3.8) is 0 Å². The van der Waals surface area contributed by atoms with Gasteiger partial charge in [-0.1, -0.05) is 6.42 Å². The Morgan fingerprint density at radius 2 is 2.00 bits per heavy atom. The van der Waals surface area contributed by atoms with Gasteiger partial charge in [0.05, 0.1) is 0 Å². The maximum Gasteiger partial charge on any atom is 0.320 e. The van der Waals surface area contributed by atoms with Crippen molar-refractivity contribution < 1.29 is 9.90 Å². The van der Waals surface area contributed by atoms with Crippen LogP contribution in [0.2, 0.25) is 0 Å². The van der Waals surface area contributed by atoms with Crippen LogP contribution in [0.3, 0.4) is 0 Å². The van der Waals surface area contributed by atoms with Crippen LogP contribution < -0.4 is 5.32 Å². The van der Waals surface area contributed by atoms with Crippen LogP contribution in [0.15, 0.2) is 0 Å². The van der Waals surface area contributed by atoms with Crippen LogP contribution in [0.1, 0.15) is 25.7 Å². The van der Waals surface area contributed by atoms with Crippen LogP contribution in [0.4, 0.5) is 0 Å². The van der Waals surface area contributed by atoms with E-state index in [2.05, 4.69) is 10.2 Å². The number of carbonyl (C=O) groups is 1. The zero-order valence-corrected chi connectivity index (χ0v) is 8.41. The van der Waals surface area contributed by atoms with Crippen LogP contribution in [-0.4, -0.2) is 47.7 Å². The molecule has 2 fully saturated rings. The van der Waals surface area contributed by atoms with Gasteiger partial charge in [0.15, 0.2) is 0 Å². The van der Waals surface area contributed by atoms with E-state index in [1.165, 1.54) is 19.3 Å². The zero-order valence-electron chi connectivity index (χ0n) is 8.41. The van der Waals surface area contributed by atoms with E-state index in [1.807, 2.05) is 0 Å². The third-order valence-corrected chi connectivity index (χ3v) is 3.31. The van der Waals surface area contributed by atoms with Gasteiger partial charge in [0.2, 0.25) is 0 Å². The first-order valence-corrected chi connectivity index (χ1v) is 5.47. The summed E-state index contributed by atoms with van der Waals surface area (Å²) in [4.78, 5) is 13.2. The van der Waals surface area contributed by atoms with Crippen molar-refractivity contribution in [1.82, 2.24) is 10.2 Å². The average Bonchev–Trinajstić information content (AvgIpc) is 2.68. The van der Waals surface area contributed by atoms with Crippen LogP contribution >= 0.6 is 0 Å². The normalized spacial score (nSPS) is 34.6. The van der Waals surface area contributed by atoms with E-state index in [-0.39, 0.29) is 6.04 Å². The molecular weight excluding hydrogens is 180 g/mol. The predicted molar refractivity (Wildman–Crippen MR) is 53.3 cm³/mol. The van der Waals surface area contributed by atoms with E-state index in [9.17, 15) is 4.79 Å². The highest BCUT2D eigenvalue weighted by molar-refractivity contribution is 5.73. The SMILES string of the molecule is O=C(O)[C@@H]1C[C@H](N2CCCCC2)CN1. The summed E-state index contributed by atoms with van der Waals surface area (Å²) >= 11 is 0. The third kappa shape index (κ3) is 2.07. The van der Waals surface area contributed by atoms with Gasteiger partial charge in [-0.2, -0.15) is 0 Å². The Hall–Kier alpha value is -0.610. The lowest BCUT2D eigenvalue weighted by Gasteiger charge is -2.31. The molecule has 2 N–H and O–H groups in total. The van der Waals surface area contributed by atoms with Gasteiger partial charge in [0, 0.05) is 12.6 Å². The summed E-state index contributed by atoms with van der Waals surface area (Å²) in [6.07, 6.45) is 4.65. The Labute approximate surface area is 84.3 Å². The summed E-state index contributed by atoms with van der Waals surface area (Å²) < 4.78 is 0. The number of hydrogen-bond acceptors (Lipinski definition) is 3. The molecule has 0 radical (unpaired) electrons. The number of piperidine rings is 1. The van der Waals surface area contributed by atoms with Crippen molar-refractivity contribution in [2.75, 3.05) is 19.6 Å². The van der Waals surface area contributed by atoms with Crippen LogP contribution in [0.25, 0.3) is 0 Å². The minimum atomic E-state index is -0.704. The molecule has 4 nitrogen and oxygen atoms in total. The number of nitrogens with one attached hydrogen (secondary N) is 1. The summed E-state index contributed by atoms with van der Waals surface area (Å²) in [6.45, 7) is 3.15. The molecule has 0 spiro atoms. The van der Waals surface area contributed by atoms with E-state index in [1.54, 1.807) is 0 Å². The summed E-state index contributed by atoms with van der Waals surface area (Å²) in [5.41, 5.74) is 0. The highest BCUT2D eigenvalue weighted by Gasteiger charge is 2.32. The molecule has 80 valence electrons. The molecule has 0 amide bonds. The second-order valence-corrected chi connectivity index (χ2v) is 4.29. The van der Waals surface area contributed by atoms with Gasteiger partial charge >= 0.3 is 5.97 Å². The standard InChI is InChI=1S/C10H18N2O2/c13-10(14)9-6-8(7-11-9)12-4-2-1-3-5-12/h8-9,11H,1-7H2,(H,13,14)/t8-,9-/m0/s1. The Morgan fingerprint density at radius 3 is 2.57 bits per heavy atom. The topological polar surface area (TPSA) is 52.6 Å². The Kier molecular flexibility index (Phi) is 3.03. The second-order valence-electron chi connectivity index (χ2n) is 4.29. The average molecular weight is 198 g/mol. The number of carboxylic acids is 1. The van der Waals surface area contributed by atoms with Gasteiger partial charge in [-0.05, 0) is 32.4 Å². The minimum Gasteiger partial charge on any atom is -0.480 e. The summed E-state index contributed by atoms with van der Waals surface area (Å²) in [5.74, 6) is -0.704. The lowest BCUT2D eigenvalue weighted by atomic mass is 10.1. The second kappa shape index (κ2) is 4.28. The fraction of sp³-hybridized carbons (Fsp3) is 0.900. The van der Waals surface area contributed by atoms with E-state index >= 15 is 0 Å². The number of nitrogens with zero attached hydrogens (tertiary/aromatic N) is 1. The molecule has 0 aromatic heterocycles. The largest absolute Gasteiger partial charge is 0.480 e. The maximum atomic E-state index is 10.7. The fourth-order valence-electron chi connectivity index (χ4n) is 2.47. The summed E-state index contributed by atoms with van der Waals surface area (Å²) in [7, 11) is 0. The summed E-state index contributed by atoms with van der Waals surface area (Å²) in [6, 6.07) is 0.137. The highest BCUT2D eigenvalue weighted by atomic mass is 16.4. The first-order valence-electron chi connectivity index (χ1n) is 5.47. The Morgan fingerprint density at radius 1 is 1.29 bits per heavy atom. The highest BCUT2D eigenvalue weighted by Crippen LogP contribution is 2.18. The minimum absolute atomic E-state index is 0.318. The predicted octanol–water partition coefficient (Wildman–Crippen LogP) is 0.287. The van der Waals surface area contributed by atoms with Crippen molar-refractivity contribution in [1.29, 1.82) is 0 Å². The van der Waals surface area contributed by atoms with E-state index < -0.39 is 5.97 Å². The molecule has 0 saturated carbocycles. The molecule has 14 heavy (non-hydrogen) atoms. The molecule has 0 unspecified atom stereocenters. The first kappa shape index (κ1) is 9.93. The van der Waals surface area contributed by atoms with Crippen molar-refractivity contribution >= 4 is 5.97 Å². The molecule has 2 saturated heterocycles. The van der Waals surface area contributed by atoms with Crippen molar-refractivity contribution in [3.8, 4) is 0 Å². The van der Waals surface area contributed by atoms with Gasteiger partial charge in [-0.15, -0.1) is 0 Å². The molecule has 2 aliphatic heterocycles. The monoisotopic (exact) mass is 198 g/mol. The molecule has 2 rings (SSSR count). The molecular formula is C10H18N2O2. The maximum absolute atomic E-state index is 10.7. The van der Waals surface area contributed by atoms with Crippen molar-refractivity contribution in [2.24, 2.45) is 0 Å². The van der Waals surface area contributed by atoms with E-state index in [4.69, 9.17) is 5.11 Å². The van der Waals surface area contributed by atoms with Crippen LogP contribution in [0, 0.1) is 0 Å². The Balaban J connectivity index is 1.85. The van der Waals surface area contributed by atoms with Crippen molar-refractivity contribution in [3.05, 3.63) is 0 Å². The van der Waals surface area contributed by atoms with Gasteiger partial charge in [-0.3, -0.25) is 9.69 Å². The molecule has 0 aliphatic carbocycles. The van der Waals surface area contributed by atoms with Crippen molar-refractivity contribution in [2.45, 2.75) is 37.8 Å². The molecule has 2 heterocycles. The zero-order chi connectivity index (χ0) is 9.97. The molecule has 0 bridgehead atoms. The third-order valence-electron chi connectivity index (χ3n) is 3.31. The lowest BCUT2D eigenvalue weighted by molar-refractivity contribution is -0.139. The number of hydrogen-bond donors (Lipinski definition) is 2. The van der Waals surface area contributed by atoms with E-state index in [0.29, 0.717) is 6.04 Å². The molecule has 0 aromatic rings. The van der Waals surface area contributed by atoms with Gasteiger partial charge in [0.1, 0.15) is 6.04 Å². The molecule has 4 heteroatoms. The van der Waals surface area contributed by atoms with Crippen LogP contribution in [-0.2, 0) is 4.79 Å². The lowest BCUT2D eigenvalue weighted by Crippen LogP contribution is -2.40. The first-order chi connectivity index (χ1) is 6.77. The Bertz CT molecular complexity index is 214. The summed E-state index contributed by atoms with van der Waals surface area (Å²) in [5, 5.41) is 11.9. The number of rotatable bonds is 2. The van der Waals surface area contributed by atoms with Gasteiger partial charge in [0.25, 0.3) is 0 Å². The number of carboxylic acid groups (broad SMARTS) is 1.